The topological polar surface area (TPSA) is 61.6 Å². The van der Waals surface area contributed by atoms with E-state index in [1.165, 1.54) is 0 Å². The summed E-state index contributed by atoms with van der Waals surface area (Å²) in [5.41, 5.74) is 0. The van der Waals surface area contributed by atoms with Crippen LogP contribution in [0.4, 0.5) is 0 Å². The predicted octanol–water partition coefficient (Wildman–Crippen LogP) is 2.24. The van der Waals surface area contributed by atoms with Gasteiger partial charge in [-0.05, 0) is 19.2 Å². The van der Waals surface area contributed by atoms with Gasteiger partial charge in [-0.2, -0.15) is 5.26 Å². The molecule has 4 nitrogen and oxygen atoms in total. The quantitative estimate of drug-likeness (QED) is 0.769. The molecule has 0 amide bonds. The molecule has 7 heteroatoms. The van der Waals surface area contributed by atoms with Crippen molar-refractivity contribution < 1.29 is 0 Å². The first-order valence-electron chi connectivity index (χ1n) is 4.93. The minimum absolute atomic E-state index is 0.105. The third-order valence-corrected chi connectivity index (χ3v) is 4.86. The minimum Gasteiger partial charge on any atom is -0.301 e. The molecule has 0 spiro atoms. The fourth-order valence-corrected chi connectivity index (χ4v) is 3.39. The summed E-state index contributed by atoms with van der Waals surface area (Å²) in [6.45, 7) is 2.97. The average Bonchev–Trinajstić information content (AvgIpc) is 2.77. The number of rotatable bonds is 7. The molecule has 1 atom stereocenters. The highest BCUT2D eigenvalue weighted by atomic mass is 32.2. The molecule has 1 rings (SSSR count). The molecule has 0 saturated carbocycles. The van der Waals surface area contributed by atoms with Crippen LogP contribution in [0, 0.1) is 11.3 Å². The molecule has 1 aromatic heterocycles. The van der Waals surface area contributed by atoms with Crippen molar-refractivity contribution in [1.29, 1.82) is 5.26 Å². The van der Waals surface area contributed by atoms with Gasteiger partial charge < -0.3 is 5.32 Å². The lowest BCUT2D eigenvalue weighted by Crippen LogP contribution is -2.30. The van der Waals surface area contributed by atoms with Crippen molar-refractivity contribution >= 4 is 34.9 Å². The Morgan fingerprint density at radius 1 is 1.50 bits per heavy atom. The maximum Gasteiger partial charge on any atom is 0.175 e. The van der Waals surface area contributed by atoms with Crippen molar-refractivity contribution in [3.05, 3.63) is 0 Å². The Bertz CT molecular complexity index is 347. The number of nitriles is 1. The van der Waals surface area contributed by atoms with Gasteiger partial charge in [0.05, 0.1) is 6.07 Å². The fourth-order valence-electron chi connectivity index (χ4n) is 0.953. The first-order valence-corrected chi connectivity index (χ1v) is 7.96. The molecule has 0 aliphatic heterocycles. The zero-order chi connectivity index (χ0) is 11.8. The number of hydrogen-bond donors (Lipinski definition) is 1. The Labute approximate surface area is 108 Å². The Balaban J connectivity index is 2.34. The monoisotopic (exact) mass is 274 g/mol. The van der Waals surface area contributed by atoms with E-state index < -0.39 is 0 Å². The van der Waals surface area contributed by atoms with E-state index in [0.29, 0.717) is 0 Å². The zero-order valence-electron chi connectivity index (χ0n) is 9.27. The van der Waals surface area contributed by atoms with Gasteiger partial charge in [-0.3, -0.25) is 0 Å². The maximum absolute atomic E-state index is 8.92. The van der Waals surface area contributed by atoms with Crippen LogP contribution in [0.1, 0.15) is 13.3 Å². The molecule has 0 aromatic carbocycles. The molecule has 0 radical (unpaired) electrons. The molecule has 1 heterocycles. The summed E-state index contributed by atoms with van der Waals surface area (Å²) in [6.07, 6.45) is 3.02. The first-order chi connectivity index (χ1) is 7.80. The summed E-state index contributed by atoms with van der Waals surface area (Å²) in [7, 11) is 0. The van der Waals surface area contributed by atoms with Gasteiger partial charge in [0, 0.05) is 5.75 Å². The molecule has 0 aliphatic rings. The molecule has 1 N–H and O–H groups in total. The van der Waals surface area contributed by atoms with Crippen LogP contribution in [-0.2, 0) is 0 Å². The molecule has 88 valence electrons. The van der Waals surface area contributed by atoms with Gasteiger partial charge >= 0.3 is 0 Å². The molecule has 0 fully saturated rings. The lowest BCUT2D eigenvalue weighted by atomic mass is 10.3. The lowest BCUT2D eigenvalue weighted by Gasteiger charge is -2.08. The van der Waals surface area contributed by atoms with Gasteiger partial charge in [0.2, 0.25) is 0 Å². The van der Waals surface area contributed by atoms with Crippen molar-refractivity contribution in [3.63, 3.8) is 0 Å². The number of nitrogens with one attached hydrogen (secondary N) is 1. The van der Waals surface area contributed by atoms with E-state index in [2.05, 4.69) is 28.5 Å². The van der Waals surface area contributed by atoms with E-state index in [1.807, 2.05) is 6.26 Å². The van der Waals surface area contributed by atoms with Crippen molar-refractivity contribution in [2.75, 3.05) is 18.6 Å². The highest BCUT2D eigenvalue weighted by Crippen LogP contribution is 2.27. The van der Waals surface area contributed by atoms with Gasteiger partial charge in [-0.25, -0.2) is 0 Å². The summed E-state index contributed by atoms with van der Waals surface area (Å²) in [4.78, 5) is 0. The Kier molecular flexibility index (Phi) is 6.80. The van der Waals surface area contributed by atoms with Crippen LogP contribution in [0.2, 0.25) is 0 Å². The minimum atomic E-state index is -0.105. The Morgan fingerprint density at radius 3 is 2.81 bits per heavy atom. The van der Waals surface area contributed by atoms with E-state index >= 15 is 0 Å². The van der Waals surface area contributed by atoms with Crippen LogP contribution in [0.5, 0.6) is 0 Å². The van der Waals surface area contributed by atoms with Gasteiger partial charge in [0.25, 0.3) is 0 Å². The maximum atomic E-state index is 8.92. The van der Waals surface area contributed by atoms with Crippen molar-refractivity contribution in [3.8, 4) is 6.07 Å². The smallest absolute Gasteiger partial charge is 0.175 e. The molecular weight excluding hydrogens is 260 g/mol. The zero-order valence-corrected chi connectivity index (χ0v) is 11.7. The van der Waals surface area contributed by atoms with Crippen LogP contribution in [0.25, 0.3) is 0 Å². The highest BCUT2D eigenvalue weighted by molar-refractivity contribution is 8.03. The fraction of sp³-hybridized carbons (Fsp3) is 0.667. The molecule has 0 aliphatic carbocycles. The summed E-state index contributed by atoms with van der Waals surface area (Å²) < 4.78 is 1.90. The van der Waals surface area contributed by atoms with Crippen LogP contribution in [-0.4, -0.2) is 34.8 Å². The Hall–Kier alpha value is -0.290. The average molecular weight is 274 g/mol. The molecule has 0 saturated heterocycles. The largest absolute Gasteiger partial charge is 0.301 e. The van der Waals surface area contributed by atoms with Crippen LogP contribution in [0.15, 0.2) is 8.68 Å². The van der Waals surface area contributed by atoms with Crippen molar-refractivity contribution in [2.24, 2.45) is 0 Å². The van der Waals surface area contributed by atoms with Gasteiger partial charge in [-0.1, -0.05) is 41.8 Å². The third-order valence-electron chi connectivity index (χ3n) is 1.73. The molecule has 16 heavy (non-hydrogen) atoms. The molecule has 0 bridgehead atoms. The van der Waals surface area contributed by atoms with Crippen LogP contribution in [0.3, 0.4) is 0 Å². The second-order valence-electron chi connectivity index (χ2n) is 2.98. The normalized spacial score (nSPS) is 12.3. The second kappa shape index (κ2) is 7.90. The SMILES string of the molecule is CCCNC(C#N)CSc1nnc(SC)s1. The van der Waals surface area contributed by atoms with E-state index in [1.54, 1.807) is 34.9 Å². The molecular formula is C9H14N4S3. The summed E-state index contributed by atoms with van der Waals surface area (Å²) in [6, 6.07) is 2.14. The first kappa shape index (κ1) is 13.8. The van der Waals surface area contributed by atoms with E-state index in [9.17, 15) is 0 Å². The number of nitrogens with zero attached hydrogens (tertiary/aromatic N) is 3. The summed E-state index contributed by atoms with van der Waals surface area (Å²) in [5.74, 6) is 0.722. The van der Waals surface area contributed by atoms with Gasteiger partial charge in [-0.15, -0.1) is 10.2 Å². The predicted molar refractivity (Wildman–Crippen MR) is 70.1 cm³/mol. The number of hydrogen-bond acceptors (Lipinski definition) is 7. The van der Waals surface area contributed by atoms with Crippen molar-refractivity contribution in [1.82, 2.24) is 15.5 Å². The van der Waals surface area contributed by atoms with Crippen LogP contribution < -0.4 is 5.32 Å². The molecule has 1 unspecified atom stereocenters. The summed E-state index contributed by atoms with van der Waals surface area (Å²) >= 11 is 4.76. The number of thioether (sulfide) groups is 2. The standard InChI is InChI=1S/C9H14N4S3/c1-3-4-11-7(5-10)6-15-9-13-12-8(14-2)16-9/h7,11H,3-4,6H2,1-2H3. The lowest BCUT2D eigenvalue weighted by molar-refractivity contribution is 0.637. The van der Waals surface area contributed by atoms with Gasteiger partial charge in [0.15, 0.2) is 8.68 Å². The van der Waals surface area contributed by atoms with E-state index in [0.717, 1.165) is 27.4 Å². The summed E-state index contributed by atoms with van der Waals surface area (Å²) in [5, 5.41) is 20.2. The van der Waals surface area contributed by atoms with Crippen LogP contribution >= 0.6 is 34.9 Å². The third kappa shape index (κ3) is 4.70. The van der Waals surface area contributed by atoms with Crippen molar-refractivity contribution in [2.45, 2.75) is 28.1 Å². The van der Waals surface area contributed by atoms with Gasteiger partial charge in [0.1, 0.15) is 6.04 Å². The Morgan fingerprint density at radius 2 is 2.25 bits per heavy atom. The second-order valence-corrected chi connectivity index (χ2v) is 6.28. The number of aromatic nitrogens is 2. The van der Waals surface area contributed by atoms with E-state index in [4.69, 9.17) is 5.26 Å². The van der Waals surface area contributed by atoms with E-state index in [-0.39, 0.29) is 6.04 Å². The molecule has 1 aromatic rings. The highest BCUT2D eigenvalue weighted by Gasteiger charge is 2.09.